The second-order valence-corrected chi connectivity index (χ2v) is 7.55. The van der Waals surface area contributed by atoms with Crippen LogP contribution in [0.2, 0.25) is 0 Å². The highest BCUT2D eigenvalue weighted by molar-refractivity contribution is 7.10. The molecule has 0 saturated carbocycles. The van der Waals surface area contributed by atoms with E-state index in [0.717, 1.165) is 10.6 Å². The zero-order valence-electron chi connectivity index (χ0n) is 14.7. The van der Waals surface area contributed by atoms with Gasteiger partial charge in [-0.15, -0.1) is 11.3 Å². The Hall–Kier alpha value is -2.99. The van der Waals surface area contributed by atoms with Crippen molar-refractivity contribution in [1.29, 1.82) is 0 Å². The molecular formula is C21H19N3O2S. The second-order valence-electron chi connectivity index (χ2n) is 6.52. The van der Waals surface area contributed by atoms with E-state index in [0.29, 0.717) is 25.2 Å². The van der Waals surface area contributed by atoms with Crippen molar-refractivity contribution >= 4 is 34.7 Å². The number of carbonyl (C=O) groups excluding carboxylic acids is 2. The molecule has 2 amide bonds. The summed E-state index contributed by atoms with van der Waals surface area (Å²) < 4.78 is 0. The van der Waals surface area contributed by atoms with Crippen LogP contribution in [0.5, 0.6) is 0 Å². The van der Waals surface area contributed by atoms with Gasteiger partial charge in [0.1, 0.15) is 5.82 Å². The second kappa shape index (κ2) is 7.72. The van der Waals surface area contributed by atoms with Crippen molar-refractivity contribution in [2.75, 3.05) is 16.8 Å². The van der Waals surface area contributed by atoms with Gasteiger partial charge in [-0.25, -0.2) is 4.98 Å². The number of benzene rings is 1. The fourth-order valence-electron chi connectivity index (χ4n) is 3.32. The van der Waals surface area contributed by atoms with E-state index < -0.39 is 0 Å². The van der Waals surface area contributed by atoms with E-state index in [9.17, 15) is 9.59 Å². The van der Waals surface area contributed by atoms with E-state index in [1.165, 1.54) is 5.56 Å². The average molecular weight is 377 g/mol. The number of thiophene rings is 1. The van der Waals surface area contributed by atoms with Crippen LogP contribution in [0.15, 0.2) is 66.2 Å². The summed E-state index contributed by atoms with van der Waals surface area (Å²) in [4.78, 5) is 31.7. The summed E-state index contributed by atoms with van der Waals surface area (Å²) in [5.41, 5.74) is 1.94. The first-order valence-electron chi connectivity index (χ1n) is 8.82. The Labute approximate surface area is 161 Å². The third-order valence-corrected chi connectivity index (χ3v) is 5.51. The van der Waals surface area contributed by atoms with Crippen LogP contribution in [0.3, 0.4) is 0 Å². The van der Waals surface area contributed by atoms with Crippen LogP contribution >= 0.6 is 11.3 Å². The van der Waals surface area contributed by atoms with E-state index in [4.69, 9.17) is 0 Å². The Balaban J connectivity index is 1.46. The fourth-order valence-corrected chi connectivity index (χ4v) is 4.02. The lowest BCUT2D eigenvalue weighted by atomic mass is 9.99. The third kappa shape index (κ3) is 4.06. The number of nitrogens with zero attached hydrogens (tertiary/aromatic N) is 2. The standard InChI is InChI=1S/C21H19N3O2S/c25-20(13-18-7-4-10-27-18)23-19-12-17(8-9-22-19)24-14-16(11-21(24)26)15-5-2-1-3-6-15/h1-10,12,16H,11,13-14H2,(H,22,23,25)/t16-/m0/s1. The molecule has 3 aromatic rings. The first-order chi connectivity index (χ1) is 13.2. The summed E-state index contributed by atoms with van der Waals surface area (Å²) in [6.07, 6.45) is 2.44. The maximum Gasteiger partial charge on any atom is 0.230 e. The van der Waals surface area contributed by atoms with Crippen LogP contribution in [-0.4, -0.2) is 23.3 Å². The molecule has 1 N–H and O–H groups in total. The van der Waals surface area contributed by atoms with E-state index in [1.54, 1.807) is 34.6 Å². The third-order valence-electron chi connectivity index (χ3n) is 4.63. The quantitative estimate of drug-likeness (QED) is 0.735. The first-order valence-corrected chi connectivity index (χ1v) is 9.70. The highest BCUT2D eigenvalue weighted by atomic mass is 32.1. The van der Waals surface area contributed by atoms with Gasteiger partial charge in [-0.2, -0.15) is 0 Å². The molecule has 1 saturated heterocycles. The van der Waals surface area contributed by atoms with Crippen molar-refractivity contribution in [2.45, 2.75) is 18.8 Å². The predicted molar refractivity (Wildman–Crippen MR) is 107 cm³/mol. The first kappa shape index (κ1) is 17.4. The van der Waals surface area contributed by atoms with E-state index >= 15 is 0 Å². The van der Waals surface area contributed by atoms with Crippen LogP contribution in [0.1, 0.15) is 22.8 Å². The molecule has 0 spiro atoms. The van der Waals surface area contributed by atoms with Gasteiger partial charge in [0, 0.05) is 41.7 Å². The molecule has 4 rings (SSSR count). The Kier molecular flexibility index (Phi) is 4.98. The molecule has 1 fully saturated rings. The van der Waals surface area contributed by atoms with Gasteiger partial charge in [-0.05, 0) is 23.1 Å². The Morgan fingerprint density at radius 1 is 1.19 bits per heavy atom. The normalized spacial score (nSPS) is 16.5. The van der Waals surface area contributed by atoms with Crippen LogP contribution in [0.4, 0.5) is 11.5 Å². The van der Waals surface area contributed by atoms with Crippen molar-refractivity contribution in [3.63, 3.8) is 0 Å². The summed E-state index contributed by atoms with van der Waals surface area (Å²) in [6.45, 7) is 0.634. The molecule has 1 atom stereocenters. The van der Waals surface area contributed by atoms with Crippen molar-refractivity contribution in [2.24, 2.45) is 0 Å². The average Bonchev–Trinajstić information content (AvgIpc) is 3.32. The van der Waals surface area contributed by atoms with Crippen molar-refractivity contribution < 1.29 is 9.59 Å². The predicted octanol–water partition coefficient (Wildman–Crippen LogP) is 3.84. The highest BCUT2D eigenvalue weighted by Gasteiger charge is 2.31. The van der Waals surface area contributed by atoms with E-state index in [1.807, 2.05) is 35.7 Å². The molecule has 136 valence electrons. The van der Waals surface area contributed by atoms with Gasteiger partial charge < -0.3 is 10.2 Å². The molecule has 6 heteroatoms. The van der Waals surface area contributed by atoms with Crippen molar-refractivity contribution in [3.05, 3.63) is 76.6 Å². The zero-order chi connectivity index (χ0) is 18.6. The van der Waals surface area contributed by atoms with Gasteiger partial charge in [0.15, 0.2) is 0 Å². The van der Waals surface area contributed by atoms with E-state index in [2.05, 4.69) is 22.4 Å². The molecule has 0 radical (unpaired) electrons. The van der Waals surface area contributed by atoms with Crippen LogP contribution in [0, 0.1) is 0 Å². The summed E-state index contributed by atoms with van der Waals surface area (Å²) >= 11 is 1.55. The topological polar surface area (TPSA) is 62.3 Å². The lowest BCUT2D eigenvalue weighted by Gasteiger charge is -2.17. The molecule has 0 aliphatic carbocycles. The summed E-state index contributed by atoms with van der Waals surface area (Å²) in [6, 6.07) is 17.5. The Bertz CT molecular complexity index is 941. The number of hydrogen-bond acceptors (Lipinski definition) is 4. The molecule has 0 unspecified atom stereocenters. The summed E-state index contributed by atoms with van der Waals surface area (Å²) in [7, 11) is 0. The monoisotopic (exact) mass is 377 g/mol. The molecular weight excluding hydrogens is 358 g/mol. The van der Waals surface area contributed by atoms with E-state index in [-0.39, 0.29) is 17.7 Å². The molecule has 3 heterocycles. The summed E-state index contributed by atoms with van der Waals surface area (Å²) in [5.74, 6) is 0.622. The van der Waals surface area contributed by atoms with Gasteiger partial charge in [0.25, 0.3) is 0 Å². The lowest BCUT2D eigenvalue weighted by Crippen LogP contribution is -2.24. The molecule has 2 aromatic heterocycles. The van der Waals surface area contributed by atoms with Crippen LogP contribution in [-0.2, 0) is 16.0 Å². The smallest absolute Gasteiger partial charge is 0.230 e. The number of aromatic nitrogens is 1. The van der Waals surface area contributed by atoms with Gasteiger partial charge in [-0.3, -0.25) is 9.59 Å². The van der Waals surface area contributed by atoms with Gasteiger partial charge in [-0.1, -0.05) is 36.4 Å². The zero-order valence-corrected chi connectivity index (χ0v) is 15.5. The molecule has 5 nitrogen and oxygen atoms in total. The SMILES string of the molecule is O=C(Cc1cccs1)Nc1cc(N2C[C@@H](c3ccccc3)CC2=O)ccn1. The minimum absolute atomic E-state index is 0.0888. The number of rotatable bonds is 5. The van der Waals surface area contributed by atoms with Crippen LogP contribution in [0.25, 0.3) is 0 Å². The van der Waals surface area contributed by atoms with Gasteiger partial charge in [0.2, 0.25) is 11.8 Å². The van der Waals surface area contributed by atoms with Crippen molar-refractivity contribution in [1.82, 2.24) is 4.98 Å². The summed E-state index contributed by atoms with van der Waals surface area (Å²) in [5, 5.41) is 4.77. The number of anilines is 2. The minimum atomic E-state index is -0.114. The lowest BCUT2D eigenvalue weighted by molar-refractivity contribution is -0.117. The molecule has 1 aromatic carbocycles. The highest BCUT2D eigenvalue weighted by Crippen LogP contribution is 2.32. The Morgan fingerprint density at radius 3 is 2.81 bits per heavy atom. The van der Waals surface area contributed by atoms with Crippen molar-refractivity contribution in [3.8, 4) is 0 Å². The minimum Gasteiger partial charge on any atom is -0.312 e. The van der Waals surface area contributed by atoms with Gasteiger partial charge >= 0.3 is 0 Å². The largest absolute Gasteiger partial charge is 0.312 e. The number of nitrogens with one attached hydrogen (secondary N) is 1. The molecule has 1 aliphatic heterocycles. The van der Waals surface area contributed by atoms with Gasteiger partial charge in [0.05, 0.1) is 6.42 Å². The number of amides is 2. The fraction of sp³-hybridized carbons (Fsp3) is 0.190. The molecule has 0 bridgehead atoms. The maximum atomic E-state index is 12.5. The number of hydrogen-bond donors (Lipinski definition) is 1. The molecule has 27 heavy (non-hydrogen) atoms. The number of carbonyl (C=O) groups is 2. The van der Waals surface area contributed by atoms with Crippen LogP contribution < -0.4 is 10.2 Å². The number of pyridine rings is 1. The molecule has 1 aliphatic rings. The Morgan fingerprint density at radius 2 is 2.04 bits per heavy atom. The maximum absolute atomic E-state index is 12.5.